The van der Waals surface area contributed by atoms with Gasteiger partial charge in [-0.15, -0.1) is 0 Å². The molecule has 1 atom stereocenters. The molecule has 1 aromatic rings. The molecule has 5 heteroatoms. The molecule has 1 aromatic carbocycles. The van der Waals surface area contributed by atoms with E-state index in [-0.39, 0.29) is 11.9 Å². The summed E-state index contributed by atoms with van der Waals surface area (Å²) < 4.78 is 24.4. The number of ether oxygens (including phenoxy) is 2. The average molecular weight is 348 g/mol. The normalized spacial score (nSPS) is 12.6. The fourth-order valence-electron chi connectivity index (χ4n) is 1.86. The molecule has 0 aliphatic heterocycles. The summed E-state index contributed by atoms with van der Waals surface area (Å²) in [6, 6.07) is 5.02. The lowest BCUT2D eigenvalue weighted by Crippen LogP contribution is -2.36. The van der Waals surface area contributed by atoms with E-state index in [1.165, 1.54) is 12.1 Å². The molecule has 0 aliphatic rings. The number of hydrogen-bond acceptors (Lipinski definition) is 3. The third-order valence-electron chi connectivity index (χ3n) is 2.92. The highest BCUT2D eigenvalue weighted by atomic mass is 79.9. The largest absolute Gasteiger partial charge is 0.382 e. The van der Waals surface area contributed by atoms with Gasteiger partial charge in [0.05, 0.1) is 19.8 Å². The molecule has 0 aliphatic carbocycles. The van der Waals surface area contributed by atoms with Crippen LogP contribution in [-0.4, -0.2) is 39.5 Å². The second kappa shape index (κ2) is 10.3. The van der Waals surface area contributed by atoms with Gasteiger partial charge in [0.2, 0.25) is 0 Å². The summed E-state index contributed by atoms with van der Waals surface area (Å²) in [5, 5.41) is 3.46. The minimum atomic E-state index is -0.227. The minimum Gasteiger partial charge on any atom is -0.382 e. The van der Waals surface area contributed by atoms with Crippen LogP contribution in [-0.2, 0) is 15.9 Å². The van der Waals surface area contributed by atoms with Gasteiger partial charge in [-0.25, -0.2) is 4.39 Å². The predicted molar refractivity (Wildman–Crippen MR) is 82.6 cm³/mol. The van der Waals surface area contributed by atoms with E-state index in [2.05, 4.69) is 28.2 Å². The first-order valence-corrected chi connectivity index (χ1v) is 7.70. The van der Waals surface area contributed by atoms with Gasteiger partial charge < -0.3 is 14.8 Å². The van der Waals surface area contributed by atoms with Crippen LogP contribution in [0.1, 0.15) is 18.9 Å². The Balaban J connectivity index is 2.53. The van der Waals surface area contributed by atoms with Crippen molar-refractivity contribution in [2.45, 2.75) is 25.8 Å². The van der Waals surface area contributed by atoms with Crippen LogP contribution in [0, 0.1) is 5.82 Å². The molecule has 1 unspecified atom stereocenters. The zero-order valence-corrected chi connectivity index (χ0v) is 13.7. The molecule has 0 radical (unpaired) electrons. The number of nitrogens with one attached hydrogen (secondary N) is 1. The fraction of sp³-hybridized carbons (Fsp3) is 0.600. The van der Waals surface area contributed by atoms with Crippen LogP contribution in [0.25, 0.3) is 0 Å². The van der Waals surface area contributed by atoms with Crippen LogP contribution >= 0.6 is 15.9 Å². The van der Waals surface area contributed by atoms with E-state index in [4.69, 9.17) is 9.47 Å². The summed E-state index contributed by atoms with van der Waals surface area (Å²) in [6.07, 6.45) is 1.87. The second-order valence-electron chi connectivity index (χ2n) is 4.66. The maximum atomic E-state index is 13.1. The molecular weight excluding hydrogens is 325 g/mol. The topological polar surface area (TPSA) is 30.5 Å². The highest BCUT2D eigenvalue weighted by Crippen LogP contribution is 2.19. The molecule has 20 heavy (non-hydrogen) atoms. The Hall–Kier alpha value is -0.490. The standard InChI is InChI=1S/C15H23BrFNO2/c1-3-6-18-14(11-20-8-7-19-2)9-12-4-5-13(17)10-15(12)16/h4-5,10,14,18H,3,6-9,11H2,1-2H3. The smallest absolute Gasteiger partial charge is 0.124 e. The Morgan fingerprint density at radius 2 is 2.15 bits per heavy atom. The van der Waals surface area contributed by atoms with Gasteiger partial charge in [0, 0.05) is 17.6 Å². The van der Waals surface area contributed by atoms with Crippen LogP contribution in [0.3, 0.4) is 0 Å². The third kappa shape index (κ3) is 6.79. The highest BCUT2D eigenvalue weighted by Gasteiger charge is 2.11. The van der Waals surface area contributed by atoms with Gasteiger partial charge in [0.15, 0.2) is 0 Å². The van der Waals surface area contributed by atoms with Crippen molar-refractivity contribution in [3.63, 3.8) is 0 Å². The first-order valence-electron chi connectivity index (χ1n) is 6.91. The van der Waals surface area contributed by atoms with E-state index in [9.17, 15) is 4.39 Å². The molecule has 0 heterocycles. The van der Waals surface area contributed by atoms with Crippen molar-refractivity contribution in [3.05, 3.63) is 34.1 Å². The Morgan fingerprint density at radius 3 is 2.80 bits per heavy atom. The zero-order chi connectivity index (χ0) is 14.8. The monoisotopic (exact) mass is 347 g/mol. The van der Waals surface area contributed by atoms with Gasteiger partial charge in [-0.05, 0) is 37.1 Å². The lowest BCUT2D eigenvalue weighted by atomic mass is 10.1. The van der Waals surface area contributed by atoms with Gasteiger partial charge >= 0.3 is 0 Å². The first kappa shape index (κ1) is 17.6. The van der Waals surface area contributed by atoms with Crippen molar-refractivity contribution in [3.8, 4) is 0 Å². The molecular formula is C15H23BrFNO2. The Bertz CT molecular complexity index is 390. The quantitative estimate of drug-likeness (QED) is 0.659. The molecule has 0 aromatic heterocycles. The summed E-state index contributed by atoms with van der Waals surface area (Å²) in [5.41, 5.74) is 1.08. The van der Waals surface area contributed by atoms with Crippen molar-refractivity contribution in [1.82, 2.24) is 5.32 Å². The van der Waals surface area contributed by atoms with Gasteiger partial charge in [0.25, 0.3) is 0 Å². The van der Waals surface area contributed by atoms with E-state index in [0.29, 0.717) is 19.8 Å². The maximum absolute atomic E-state index is 13.1. The number of halogens is 2. The Morgan fingerprint density at radius 1 is 1.35 bits per heavy atom. The van der Waals surface area contributed by atoms with Gasteiger partial charge in [-0.1, -0.05) is 28.9 Å². The van der Waals surface area contributed by atoms with E-state index >= 15 is 0 Å². The lowest BCUT2D eigenvalue weighted by Gasteiger charge is -2.19. The first-order chi connectivity index (χ1) is 9.67. The molecule has 0 fully saturated rings. The van der Waals surface area contributed by atoms with Crippen LogP contribution < -0.4 is 5.32 Å². The zero-order valence-electron chi connectivity index (χ0n) is 12.1. The molecule has 0 amide bonds. The SMILES string of the molecule is CCCNC(COCCOC)Cc1ccc(F)cc1Br. The van der Waals surface area contributed by atoms with Crippen molar-refractivity contribution >= 4 is 15.9 Å². The van der Waals surface area contributed by atoms with Crippen LogP contribution in [0.4, 0.5) is 4.39 Å². The van der Waals surface area contributed by atoms with Gasteiger partial charge in [0.1, 0.15) is 5.82 Å². The minimum absolute atomic E-state index is 0.216. The van der Waals surface area contributed by atoms with Crippen LogP contribution in [0.2, 0.25) is 0 Å². The van der Waals surface area contributed by atoms with Crippen LogP contribution in [0.5, 0.6) is 0 Å². The van der Waals surface area contributed by atoms with E-state index in [0.717, 1.165) is 29.4 Å². The van der Waals surface area contributed by atoms with Crippen molar-refractivity contribution < 1.29 is 13.9 Å². The summed E-state index contributed by atoms with van der Waals surface area (Å²) >= 11 is 3.41. The second-order valence-corrected chi connectivity index (χ2v) is 5.51. The molecule has 0 saturated carbocycles. The highest BCUT2D eigenvalue weighted by molar-refractivity contribution is 9.10. The van der Waals surface area contributed by atoms with E-state index in [1.807, 2.05) is 6.07 Å². The van der Waals surface area contributed by atoms with Crippen molar-refractivity contribution in [2.24, 2.45) is 0 Å². The lowest BCUT2D eigenvalue weighted by molar-refractivity contribution is 0.0587. The molecule has 114 valence electrons. The molecule has 0 saturated heterocycles. The van der Waals surface area contributed by atoms with Gasteiger partial charge in [-0.3, -0.25) is 0 Å². The average Bonchev–Trinajstić information content (AvgIpc) is 2.43. The number of benzene rings is 1. The summed E-state index contributed by atoms with van der Waals surface area (Å²) in [4.78, 5) is 0. The van der Waals surface area contributed by atoms with Crippen molar-refractivity contribution in [2.75, 3.05) is 33.5 Å². The molecule has 0 bridgehead atoms. The van der Waals surface area contributed by atoms with E-state index < -0.39 is 0 Å². The Labute approximate surface area is 129 Å². The third-order valence-corrected chi connectivity index (χ3v) is 3.65. The molecule has 1 N–H and O–H groups in total. The van der Waals surface area contributed by atoms with Gasteiger partial charge in [-0.2, -0.15) is 0 Å². The molecule has 1 rings (SSSR count). The molecule has 3 nitrogen and oxygen atoms in total. The number of methoxy groups -OCH3 is 1. The summed E-state index contributed by atoms with van der Waals surface area (Å²) in [7, 11) is 1.66. The summed E-state index contributed by atoms with van der Waals surface area (Å²) in [5.74, 6) is -0.227. The van der Waals surface area contributed by atoms with E-state index in [1.54, 1.807) is 7.11 Å². The number of rotatable bonds is 10. The number of hydrogen-bond donors (Lipinski definition) is 1. The van der Waals surface area contributed by atoms with Crippen molar-refractivity contribution in [1.29, 1.82) is 0 Å². The molecule has 0 spiro atoms. The predicted octanol–water partition coefficient (Wildman–Crippen LogP) is 3.16. The summed E-state index contributed by atoms with van der Waals surface area (Å²) in [6.45, 7) is 4.88. The fourth-order valence-corrected chi connectivity index (χ4v) is 2.37. The van der Waals surface area contributed by atoms with Crippen LogP contribution in [0.15, 0.2) is 22.7 Å². The maximum Gasteiger partial charge on any atom is 0.124 e. The Kier molecular flexibility index (Phi) is 9.02.